The second-order valence-corrected chi connectivity index (χ2v) is 5.00. The SMILES string of the molecule is CCN(Cc1ccnc(C(N)=NO)c1)CC1CCCO1. The number of nitrogens with two attached hydrogens (primary N) is 1. The molecule has 1 saturated heterocycles. The zero-order chi connectivity index (χ0) is 14.4. The molecule has 1 atom stereocenters. The van der Waals surface area contributed by atoms with Gasteiger partial charge in [0, 0.05) is 25.9 Å². The zero-order valence-corrected chi connectivity index (χ0v) is 11.8. The van der Waals surface area contributed by atoms with Crippen molar-refractivity contribution in [1.29, 1.82) is 0 Å². The van der Waals surface area contributed by atoms with Gasteiger partial charge in [0.05, 0.1) is 6.10 Å². The average Bonchev–Trinajstić information content (AvgIpc) is 2.99. The number of rotatable bonds is 6. The van der Waals surface area contributed by atoms with Gasteiger partial charge in [-0.15, -0.1) is 0 Å². The van der Waals surface area contributed by atoms with Crippen molar-refractivity contribution >= 4 is 5.84 Å². The minimum absolute atomic E-state index is 0.0361. The Labute approximate surface area is 119 Å². The minimum atomic E-state index is 0.0361. The van der Waals surface area contributed by atoms with Crippen molar-refractivity contribution in [2.75, 3.05) is 19.7 Å². The van der Waals surface area contributed by atoms with Gasteiger partial charge in [0.25, 0.3) is 0 Å². The molecule has 2 rings (SSSR count). The van der Waals surface area contributed by atoms with E-state index in [0.717, 1.165) is 44.6 Å². The maximum absolute atomic E-state index is 8.69. The Kier molecular flexibility index (Phi) is 5.31. The summed E-state index contributed by atoms with van der Waals surface area (Å²) in [5.41, 5.74) is 7.16. The van der Waals surface area contributed by atoms with Gasteiger partial charge in [-0.2, -0.15) is 0 Å². The molecule has 0 radical (unpaired) electrons. The van der Waals surface area contributed by atoms with E-state index in [-0.39, 0.29) is 5.84 Å². The maximum atomic E-state index is 8.69. The molecule has 6 nitrogen and oxygen atoms in total. The smallest absolute Gasteiger partial charge is 0.188 e. The Bertz CT molecular complexity index is 458. The van der Waals surface area contributed by atoms with E-state index >= 15 is 0 Å². The van der Waals surface area contributed by atoms with Gasteiger partial charge in [-0.3, -0.25) is 9.88 Å². The van der Waals surface area contributed by atoms with E-state index < -0.39 is 0 Å². The Hall–Kier alpha value is -1.66. The Morgan fingerprint density at radius 3 is 3.15 bits per heavy atom. The monoisotopic (exact) mass is 278 g/mol. The molecule has 2 heterocycles. The van der Waals surface area contributed by atoms with Crippen molar-refractivity contribution in [3.8, 4) is 0 Å². The van der Waals surface area contributed by atoms with Crippen molar-refractivity contribution in [3.05, 3.63) is 29.6 Å². The lowest BCUT2D eigenvalue weighted by molar-refractivity contribution is 0.0725. The number of amidine groups is 1. The van der Waals surface area contributed by atoms with Crippen LogP contribution in [-0.4, -0.2) is 46.7 Å². The third kappa shape index (κ3) is 3.91. The highest BCUT2D eigenvalue weighted by Crippen LogP contribution is 2.15. The van der Waals surface area contributed by atoms with Crippen LogP contribution >= 0.6 is 0 Å². The first-order valence-electron chi connectivity index (χ1n) is 6.99. The van der Waals surface area contributed by atoms with Crippen LogP contribution in [-0.2, 0) is 11.3 Å². The summed E-state index contributed by atoms with van der Waals surface area (Å²) in [7, 11) is 0. The summed E-state index contributed by atoms with van der Waals surface area (Å²) in [6, 6.07) is 3.81. The van der Waals surface area contributed by atoms with Crippen molar-refractivity contribution in [2.45, 2.75) is 32.4 Å². The fourth-order valence-corrected chi connectivity index (χ4v) is 2.40. The van der Waals surface area contributed by atoms with Crippen LogP contribution in [0, 0.1) is 0 Å². The number of ether oxygens (including phenoxy) is 1. The number of oxime groups is 1. The van der Waals surface area contributed by atoms with Gasteiger partial charge < -0.3 is 15.7 Å². The molecule has 1 fully saturated rings. The van der Waals surface area contributed by atoms with Crippen molar-refractivity contribution in [1.82, 2.24) is 9.88 Å². The summed E-state index contributed by atoms with van der Waals surface area (Å²) < 4.78 is 5.68. The molecule has 0 saturated carbocycles. The molecule has 1 aliphatic rings. The van der Waals surface area contributed by atoms with Gasteiger partial charge in [-0.05, 0) is 37.1 Å². The predicted octanol–water partition coefficient (Wildman–Crippen LogP) is 1.18. The van der Waals surface area contributed by atoms with Crippen LogP contribution in [0.2, 0.25) is 0 Å². The minimum Gasteiger partial charge on any atom is -0.409 e. The fraction of sp³-hybridized carbons (Fsp3) is 0.571. The average molecular weight is 278 g/mol. The first-order valence-corrected chi connectivity index (χ1v) is 6.99. The second-order valence-electron chi connectivity index (χ2n) is 5.00. The highest BCUT2D eigenvalue weighted by molar-refractivity contribution is 5.95. The molecule has 6 heteroatoms. The third-order valence-electron chi connectivity index (χ3n) is 3.53. The van der Waals surface area contributed by atoms with Crippen LogP contribution < -0.4 is 5.73 Å². The number of likely N-dealkylation sites (N-methyl/N-ethyl adjacent to an activating group) is 1. The summed E-state index contributed by atoms with van der Waals surface area (Å²) in [6.45, 7) is 5.73. The molecular formula is C14H22N4O2. The molecule has 1 unspecified atom stereocenters. The van der Waals surface area contributed by atoms with E-state index in [1.165, 1.54) is 0 Å². The highest BCUT2D eigenvalue weighted by atomic mass is 16.5. The lowest BCUT2D eigenvalue weighted by Crippen LogP contribution is -2.31. The summed E-state index contributed by atoms with van der Waals surface area (Å²) in [5, 5.41) is 11.7. The highest BCUT2D eigenvalue weighted by Gasteiger charge is 2.18. The molecule has 0 spiro atoms. The van der Waals surface area contributed by atoms with Crippen molar-refractivity contribution in [2.24, 2.45) is 10.9 Å². The van der Waals surface area contributed by atoms with Gasteiger partial charge in [0.15, 0.2) is 5.84 Å². The molecule has 0 amide bonds. The third-order valence-corrected chi connectivity index (χ3v) is 3.53. The first kappa shape index (κ1) is 14.7. The molecule has 1 aromatic heterocycles. The van der Waals surface area contributed by atoms with Crippen LogP contribution in [0.3, 0.4) is 0 Å². The molecule has 110 valence electrons. The number of hydrogen-bond acceptors (Lipinski definition) is 5. The number of hydrogen-bond donors (Lipinski definition) is 2. The molecule has 1 aromatic rings. The first-order chi connectivity index (χ1) is 9.72. The topological polar surface area (TPSA) is 84.0 Å². The van der Waals surface area contributed by atoms with Crippen LogP contribution in [0.4, 0.5) is 0 Å². The largest absolute Gasteiger partial charge is 0.409 e. The van der Waals surface area contributed by atoms with Crippen molar-refractivity contribution in [3.63, 3.8) is 0 Å². The summed E-state index contributed by atoms with van der Waals surface area (Å²) in [5.74, 6) is 0.0361. The Balaban J connectivity index is 1.99. The zero-order valence-electron chi connectivity index (χ0n) is 11.8. The summed E-state index contributed by atoms with van der Waals surface area (Å²) in [6.07, 6.45) is 4.33. The molecular weight excluding hydrogens is 256 g/mol. The number of pyridine rings is 1. The Morgan fingerprint density at radius 2 is 2.50 bits per heavy atom. The van der Waals surface area contributed by atoms with E-state index in [1.54, 1.807) is 6.20 Å². The number of aromatic nitrogens is 1. The van der Waals surface area contributed by atoms with Gasteiger partial charge in [-0.25, -0.2) is 0 Å². The van der Waals surface area contributed by atoms with Crippen LogP contribution in [0.1, 0.15) is 31.0 Å². The van der Waals surface area contributed by atoms with Crippen LogP contribution in [0.25, 0.3) is 0 Å². The molecule has 0 aliphatic carbocycles. The number of nitrogens with zero attached hydrogens (tertiary/aromatic N) is 3. The summed E-state index contributed by atoms with van der Waals surface area (Å²) >= 11 is 0. The quantitative estimate of drug-likeness (QED) is 0.353. The second kappa shape index (κ2) is 7.21. The van der Waals surface area contributed by atoms with E-state index in [9.17, 15) is 0 Å². The lowest BCUT2D eigenvalue weighted by atomic mass is 10.2. The molecule has 1 aliphatic heterocycles. The van der Waals surface area contributed by atoms with E-state index in [4.69, 9.17) is 15.7 Å². The van der Waals surface area contributed by atoms with E-state index in [1.807, 2.05) is 12.1 Å². The molecule has 0 aromatic carbocycles. The predicted molar refractivity (Wildman–Crippen MR) is 76.7 cm³/mol. The Morgan fingerprint density at radius 1 is 1.65 bits per heavy atom. The molecule has 3 N–H and O–H groups in total. The molecule has 20 heavy (non-hydrogen) atoms. The van der Waals surface area contributed by atoms with Gasteiger partial charge in [0.2, 0.25) is 0 Å². The van der Waals surface area contributed by atoms with Gasteiger partial charge >= 0.3 is 0 Å². The maximum Gasteiger partial charge on any atom is 0.188 e. The normalized spacial score (nSPS) is 19.7. The van der Waals surface area contributed by atoms with Crippen LogP contribution in [0.15, 0.2) is 23.5 Å². The lowest BCUT2D eigenvalue weighted by Gasteiger charge is -2.23. The van der Waals surface area contributed by atoms with Gasteiger partial charge in [-0.1, -0.05) is 12.1 Å². The van der Waals surface area contributed by atoms with Gasteiger partial charge in [0.1, 0.15) is 5.69 Å². The van der Waals surface area contributed by atoms with Crippen LogP contribution in [0.5, 0.6) is 0 Å². The van der Waals surface area contributed by atoms with E-state index in [0.29, 0.717) is 11.8 Å². The summed E-state index contributed by atoms with van der Waals surface area (Å²) in [4.78, 5) is 6.42. The van der Waals surface area contributed by atoms with Crippen molar-refractivity contribution < 1.29 is 9.94 Å². The van der Waals surface area contributed by atoms with E-state index in [2.05, 4.69) is 22.0 Å². The standard InChI is InChI=1S/C14H22N4O2/c1-2-18(10-12-4-3-7-20-12)9-11-5-6-16-13(8-11)14(15)17-19/h5-6,8,12,19H,2-4,7,9-10H2,1H3,(H2,15,17). The fourth-order valence-electron chi connectivity index (χ4n) is 2.40. The molecule has 0 bridgehead atoms.